The number of benzene rings is 2. The van der Waals surface area contributed by atoms with Crippen molar-refractivity contribution in [1.82, 2.24) is 0 Å². The maximum Gasteiger partial charge on any atom is 0.159 e. The lowest BCUT2D eigenvalue weighted by molar-refractivity contribution is 0.165. The van der Waals surface area contributed by atoms with E-state index >= 15 is 0 Å². The molecule has 2 aromatic rings. The molecular weight excluding hydrogens is 246 g/mol. The molecule has 0 aliphatic carbocycles. The van der Waals surface area contributed by atoms with Crippen LogP contribution in [0.15, 0.2) is 48.5 Å². The highest BCUT2D eigenvalue weighted by Crippen LogP contribution is 2.13. The Morgan fingerprint density at radius 3 is 2.32 bits per heavy atom. The quantitative estimate of drug-likeness (QED) is 0.874. The molecule has 1 unspecified atom stereocenters. The first-order valence-corrected chi connectivity index (χ1v) is 6.31. The zero-order chi connectivity index (χ0) is 13.7. The summed E-state index contributed by atoms with van der Waals surface area (Å²) in [6.45, 7) is 0. The van der Waals surface area contributed by atoms with E-state index in [1.165, 1.54) is 6.07 Å². The van der Waals surface area contributed by atoms with Gasteiger partial charge in [0, 0.05) is 0 Å². The van der Waals surface area contributed by atoms with Crippen molar-refractivity contribution >= 4 is 0 Å². The molecule has 1 N–H and O–H groups in total. The molecule has 2 aromatic carbocycles. The van der Waals surface area contributed by atoms with Crippen LogP contribution >= 0.6 is 0 Å². The van der Waals surface area contributed by atoms with E-state index in [0.29, 0.717) is 18.4 Å². The number of aryl methyl sites for hydroxylation is 1. The summed E-state index contributed by atoms with van der Waals surface area (Å²) in [7, 11) is 0. The van der Waals surface area contributed by atoms with E-state index in [4.69, 9.17) is 0 Å². The van der Waals surface area contributed by atoms with Crippen LogP contribution in [0.1, 0.15) is 17.5 Å². The molecule has 2 rings (SSSR count). The average molecular weight is 262 g/mol. The van der Waals surface area contributed by atoms with Crippen molar-refractivity contribution in [2.75, 3.05) is 0 Å². The zero-order valence-corrected chi connectivity index (χ0v) is 10.5. The Morgan fingerprint density at radius 2 is 1.63 bits per heavy atom. The molecule has 19 heavy (non-hydrogen) atoms. The van der Waals surface area contributed by atoms with Gasteiger partial charge >= 0.3 is 0 Å². The van der Waals surface area contributed by atoms with Gasteiger partial charge in [0.15, 0.2) is 11.6 Å². The smallest absolute Gasteiger partial charge is 0.159 e. The van der Waals surface area contributed by atoms with Crippen molar-refractivity contribution in [2.45, 2.75) is 25.4 Å². The molecule has 0 aliphatic heterocycles. The second kappa shape index (κ2) is 6.43. The second-order valence-corrected chi connectivity index (χ2v) is 4.63. The third-order valence-electron chi connectivity index (χ3n) is 3.06. The summed E-state index contributed by atoms with van der Waals surface area (Å²) in [5.74, 6) is -1.73. The van der Waals surface area contributed by atoms with Gasteiger partial charge < -0.3 is 5.11 Å². The number of hydrogen-bond acceptors (Lipinski definition) is 1. The van der Waals surface area contributed by atoms with Crippen LogP contribution in [0, 0.1) is 11.6 Å². The van der Waals surface area contributed by atoms with Crippen LogP contribution in [-0.4, -0.2) is 11.2 Å². The molecule has 1 atom stereocenters. The maximum absolute atomic E-state index is 13.0. The molecule has 0 bridgehead atoms. The van der Waals surface area contributed by atoms with Crippen molar-refractivity contribution in [3.63, 3.8) is 0 Å². The van der Waals surface area contributed by atoms with Crippen LogP contribution in [-0.2, 0) is 12.8 Å². The molecule has 0 amide bonds. The van der Waals surface area contributed by atoms with Crippen molar-refractivity contribution in [3.05, 3.63) is 71.3 Å². The lowest BCUT2D eigenvalue weighted by Gasteiger charge is -2.11. The van der Waals surface area contributed by atoms with Gasteiger partial charge in [-0.15, -0.1) is 0 Å². The summed E-state index contributed by atoms with van der Waals surface area (Å²) < 4.78 is 25.8. The highest BCUT2D eigenvalue weighted by Gasteiger charge is 2.08. The third kappa shape index (κ3) is 4.14. The van der Waals surface area contributed by atoms with Gasteiger partial charge in [-0.3, -0.25) is 0 Å². The van der Waals surface area contributed by atoms with E-state index in [0.717, 1.165) is 24.1 Å². The first-order valence-electron chi connectivity index (χ1n) is 6.31. The summed E-state index contributed by atoms with van der Waals surface area (Å²) in [5.41, 5.74) is 1.77. The van der Waals surface area contributed by atoms with Crippen LogP contribution < -0.4 is 0 Å². The lowest BCUT2D eigenvalue weighted by Crippen LogP contribution is -2.12. The van der Waals surface area contributed by atoms with Gasteiger partial charge in [0.05, 0.1) is 6.10 Å². The van der Waals surface area contributed by atoms with E-state index in [-0.39, 0.29) is 0 Å². The fraction of sp³-hybridized carbons (Fsp3) is 0.250. The third-order valence-corrected chi connectivity index (χ3v) is 3.06. The van der Waals surface area contributed by atoms with Gasteiger partial charge in [0.2, 0.25) is 0 Å². The minimum atomic E-state index is -0.868. The summed E-state index contributed by atoms with van der Waals surface area (Å²) >= 11 is 0. The number of hydrogen-bond donors (Lipinski definition) is 1. The zero-order valence-electron chi connectivity index (χ0n) is 10.5. The van der Waals surface area contributed by atoms with Gasteiger partial charge in [-0.2, -0.15) is 0 Å². The Kier molecular flexibility index (Phi) is 4.63. The molecule has 0 heterocycles. The molecule has 100 valence electrons. The molecule has 0 aromatic heterocycles. The van der Waals surface area contributed by atoms with Gasteiger partial charge in [-0.05, 0) is 42.5 Å². The molecule has 0 radical (unpaired) electrons. The molecule has 1 nitrogen and oxygen atoms in total. The highest BCUT2D eigenvalue weighted by atomic mass is 19.2. The standard InChI is InChI=1S/C16H16F2O/c17-15-9-7-13(11-16(15)18)10-14(19)8-6-12-4-2-1-3-5-12/h1-5,7,9,11,14,19H,6,8,10H2. The maximum atomic E-state index is 13.0. The first-order chi connectivity index (χ1) is 9.15. The fourth-order valence-corrected chi connectivity index (χ4v) is 2.02. The Morgan fingerprint density at radius 1 is 0.895 bits per heavy atom. The molecule has 0 saturated heterocycles. The first kappa shape index (κ1) is 13.7. The van der Waals surface area contributed by atoms with Gasteiger partial charge in [-0.25, -0.2) is 8.78 Å². The minimum Gasteiger partial charge on any atom is -0.393 e. The van der Waals surface area contributed by atoms with E-state index in [9.17, 15) is 13.9 Å². The minimum absolute atomic E-state index is 0.337. The van der Waals surface area contributed by atoms with Crippen LogP contribution in [0.5, 0.6) is 0 Å². The molecule has 0 fully saturated rings. The van der Waals surface area contributed by atoms with Crippen LogP contribution in [0.2, 0.25) is 0 Å². The Labute approximate surface area is 111 Å². The predicted molar refractivity (Wildman–Crippen MR) is 70.8 cm³/mol. The summed E-state index contributed by atoms with van der Waals surface area (Å²) in [6, 6.07) is 13.6. The number of rotatable bonds is 5. The largest absolute Gasteiger partial charge is 0.393 e. The fourth-order valence-electron chi connectivity index (χ4n) is 2.02. The number of aliphatic hydroxyl groups is 1. The number of aliphatic hydroxyl groups excluding tert-OH is 1. The number of halogens is 2. The van der Waals surface area contributed by atoms with Crippen LogP contribution in [0.4, 0.5) is 8.78 Å². The molecule has 0 aliphatic rings. The Hall–Kier alpha value is -1.74. The van der Waals surface area contributed by atoms with Crippen molar-refractivity contribution in [3.8, 4) is 0 Å². The van der Waals surface area contributed by atoms with E-state index < -0.39 is 17.7 Å². The van der Waals surface area contributed by atoms with E-state index in [1.54, 1.807) is 0 Å². The normalized spacial score (nSPS) is 12.4. The Balaban J connectivity index is 1.87. The van der Waals surface area contributed by atoms with E-state index in [2.05, 4.69) is 0 Å². The van der Waals surface area contributed by atoms with Crippen molar-refractivity contribution in [2.24, 2.45) is 0 Å². The van der Waals surface area contributed by atoms with Gasteiger partial charge in [0.25, 0.3) is 0 Å². The van der Waals surface area contributed by atoms with Gasteiger partial charge in [-0.1, -0.05) is 36.4 Å². The summed E-state index contributed by atoms with van der Waals surface area (Å²) in [6.07, 6.45) is 1.16. The molecule has 3 heteroatoms. The average Bonchev–Trinajstić information content (AvgIpc) is 2.42. The second-order valence-electron chi connectivity index (χ2n) is 4.63. The van der Waals surface area contributed by atoms with Crippen molar-refractivity contribution < 1.29 is 13.9 Å². The van der Waals surface area contributed by atoms with Crippen LogP contribution in [0.3, 0.4) is 0 Å². The summed E-state index contributed by atoms with van der Waals surface area (Å²) in [5, 5.41) is 9.91. The predicted octanol–water partition coefficient (Wildman–Crippen LogP) is 3.50. The van der Waals surface area contributed by atoms with Gasteiger partial charge in [0.1, 0.15) is 0 Å². The topological polar surface area (TPSA) is 20.2 Å². The molecule has 0 spiro atoms. The monoisotopic (exact) mass is 262 g/mol. The Bertz CT molecular complexity index is 526. The molecule has 0 saturated carbocycles. The lowest BCUT2D eigenvalue weighted by atomic mass is 10.0. The van der Waals surface area contributed by atoms with E-state index in [1.807, 2.05) is 30.3 Å². The van der Waals surface area contributed by atoms with Crippen LogP contribution in [0.25, 0.3) is 0 Å². The highest BCUT2D eigenvalue weighted by molar-refractivity contribution is 5.19. The SMILES string of the molecule is OC(CCc1ccccc1)Cc1ccc(F)c(F)c1. The molecular formula is C16H16F2O. The summed E-state index contributed by atoms with van der Waals surface area (Å²) in [4.78, 5) is 0. The van der Waals surface area contributed by atoms with Crippen molar-refractivity contribution in [1.29, 1.82) is 0 Å².